The first kappa shape index (κ1) is 16.5. The average Bonchev–Trinajstić information content (AvgIpc) is 2.63. The zero-order chi connectivity index (χ0) is 16.1. The summed E-state index contributed by atoms with van der Waals surface area (Å²) in [6, 6.07) is 8.72. The van der Waals surface area contributed by atoms with Gasteiger partial charge in [0.1, 0.15) is 5.75 Å². The Balaban J connectivity index is 1.52. The van der Waals surface area contributed by atoms with E-state index in [0.717, 1.165) is 48.8 Å². The molecule has 126 valence electrons. The topological polar surface area (TPSA) is 27.7 Å². The van der Waals surface area contributed by atoms with Crippen LogP contribution in [0.25, 0.3) is 0 Å². The number of anilines is 1. The highest BCUT2D eigenvalue weighted by molar-refractivity contribution is 7.80. The summed E-state index contributed by atoms with van der Waals surface area (Å²) in [7, 11) is 1.69. The summed E-state index contributed by atoms with van der Waals surface area (Å²) in [5, 5.41) is 4.14. The second-order valence-corrected chi connectivity index (χ2v) is 6.83. The molecule has 3 rings (SSSR count). The molecule has 1 saturated carbocycles. The molecule has 1 aromatic carbocycles. The van der Waals surface area contributed by atoms with Gasteiger partial charge in [0.15, 0.2) is 5.11 Å². The normalized spacial score (nSPS) is 20.3. The second kappa shape index (κ2) is 7.97. The van der Waals surface area contributed by atoms with Gasteiger partial charge in [-0.05, 0) is 37.2 Å². The SMILES string of the molecule is COc1ccccc1NC(=S)N1CCN(C2CCCCC2)CC1. The van der Waals surface area contributed by atoms with Gasteiger partial charge in [-0.1, -0.05) is 31.4 Å². The van der Waals surface area contributed by atoms with E-state index in [9.17, 15) is 0 Å². The molecule has 1 heterocycles. The lowest BCUT2D eigenvalue weighted by molar-refractivity contribution is 0.108. The molecule has 0 amide bonds. The summed E-state index contributed by atoms with van der Waals surface area (Å²) in [5.74, 6) is 0.829. The first-order valence-electron chi connectivity index (χ1n) is 8.71. The number of nitrogens with zero attached hydrogens (tertiary/aromatic N) is 2. The minimum atomic E-state index is 0.804. The summed E-state index contributed by atoms with van der Waals surface area (Å²) in [6.07, 6.45) is 6.98. The quantitative estimate of drug-likeness (QED) is 0.857. The van der Waals surface area contributed by atoms with Crippen LogP contribution in [0.5, 0.6) is 5.75 Å². The number of piperazine rings is 1. The van der Waals surface area contributed by atoms with Crippen LogP contribution in [-0.2, 0) is 0 Å². The Morgan fingerprint density at radius 2 is 1.78 bits per heavy atom. The van der Waals surface area contributed by atoms with E-state index in [2.05, 4.69) is 15.1 Å². The van der Waals surface area contributed by atoms with Crippen LogP contribution in [0, 0.1) is 0 Å². The first-order chi connectivity index (χ1) is 11.3. The maximum atomic E-state index is 5.60. The van der Waals surface area contributed by atoms with Gasteiger partial charge in [-0.3, -0.25) is 4.90 Å². The Morgan fingerprint density at radius 1 is 1.09 bits per heavy atom. The average molecular weight is 334 g/mol. The van der Waals surface area contributed by atoms with Crippen molar-refractivity contribution in [1.82, 2.24) is 9.80 Å². The minimum Gasteiger partial charge on any atom is -0.495 e. The predicted octanol–water partition coefficient (Wildman–Crippen LogP) is 3.34. The lowest BCUT2D eigenvalue weighted by Gasteiger charge is -2.41. The van der Waals surface area contributed by atoms with Crippen molar-refractivity contribution < 1.29 is 4.74 Å². The molecular weight excluding hydrogens is 306 g/mol. The van der Waals surface area contributed by atoms with Crippen molar-refractivity contribution in [2.75, 3.05) is 38.6 Å². The largest absolute Gasteiger partial charge is 0.495 e. The van der Waals surface area contributed by atoms with E-state index >= 15 is 0 Å². The Kier molecular flexibility index (Phi) is 5.73. The van der Waals surface area contributed by atoms with Gasteiger partial charge in [-0.15, -0.1) is 0 Å². The minimum absolute atomic E-state index is 0.804. The Morgan fingerprint density at radius 3 is 2.48 bits per heavy atom. The zero-order valence-electron chi connectivity index (χ0n) is 14.0. The monoisotopic (exact) mass is 333 g/mol. The second-order valence-electron chi connectivity index (χ2n) is 6.45. The van der Waals surface area contributed by atoms with Gasteiger partial charge in [0, 0.05) is 32.2 Å². The van der Waals surface area contributed by atoms with Crippen LogP contribution in [0.2, 0.25) is 0 Å². The fraction of sp³-hybridized carbons (Fsp3) is 0.611. The number of rotatable bonds is 3. The van der Waals surface area contributed by atoms with Crippen molar-refractivity contribution in [3.8, 4) is 5.75 Å². The number of benzene rings is 1. The van der Waals surface area contributed by atoms with Gasteiger partial charge in [-0.25, -0.2) is 0 Å². The number of thiocarbonyl (C=S) groups is 1. The van der Waals surface area contributed by atoms with Gasteiger partial charge in [0.25, 0.3) is 0 Å². The maximum Gasteiger partial charge on any atom is 0.173 e. The fourth-order valence-corrected chi connectivity index (χ4v) is 3.97. The zero-order valence-corrected chi connectivity index (χ0v) is 14.8. The summed E-state index contributed by atoms with van der Waals surface area (Å²) in [5.41, 5.74) is 0.940. The highest BCUT2D eigenvalue weighted by Crippen LogP contribution is 2.25. The molecule has 0 bridgehead atoms. The van der Waals surface area contributed by atoms with E-state index in [1.165, 1.54) is 32.1 Å². The molecule has 2 aliphatic rings. The molecule has 1 saturated heterocycles. The van der Waals surface area contributed by atoms with Crippen LogP contribution in [0.1, 0.15) is 32.1 Å². The van der Waals surface area contributed by atoms with E-state index < -0.39 is 0 Å². The Labute approximate surface area is 144 Å². The lowest BCUT2D eigenvalue weighted by Crippen LogP contribution is -2.53. The molecular formula is C18H27N3OS. The Bertz CT molecular complexity index is 523. The third kappa shape index (κ3) is 4.15. The third-order valence-electron chi connectivity index (χ3n) is 5.04. The van der Waals surface area contributed by atoms with E-state index in [1.54, 1.807) is 7.11 Å². The first-order valence-corrected chi connectivity index (χ1v) is 9.12. The highest BCUT2D eigenvalue weighted by atomic mass is 32.1. The summed E-state index contributed by atoms with van der Waals surface area (Å²) in [6.45, 7) is 4.27. The van der Waals surface area contributed by atoms with Crippen LogP contribution < -0.4 is 10.1 Å². The fourth-order valence-electron chi connectivity index (χ4n) is 3.68. The smallest absolute Gasteiger partial charge is 0.173 e. The van der Waals surface area contributed by atoms with Crippen LogP contribution in [0.4, 0.5) is 5.69 Å². The standard InChI is InChI=1S/C18H27N3OS/c1-22-17-10-6-5-9-16(17)19-18(23)21-13-11-20(12-14-21)15-7-3-2-4-8-15/h5-6,9-10,15H,2-4,7-8,11-14H2,1H3,(H,19,23). The van der Waals surface area contributed by atoms with Crippen LogP contribution in [0.3, 0.4) is 0 Å². The maximum absolute atomic E-state index is 5.60. The predicted molar refractivity (Wildman–Crippen MR) is 99.2 cm³/mol. The van der Waals surface area contributed by atoms with Crippen molar-refractivity contribution in [2.24, 2.45) is 0 Å². The lowest BCUT2D eigenvalue weighted by atomic mass is 9.94. The molecule has 2 fully saturated rings. The van der Waals surface area contributed by atoms with E-state index in [4.69, 9.17) is 17.0 Å². The Hall–Kier alpha value is -1.33. The molecule has 0 unspecified atom stereocenters. The number of nitrogens with one attached hydrogen (secondary N) is 1. The molecule has 23 heavy (non-hydrogen) atoms. The van der Waals surface area contributed by atoms with Crippen molar-refractivity contribution in [2.45, 2.75) is 38.1 Å². The van der Waals surface area contributed by atoms with Gasteiger partial charge >= 0.3 is 0 Å². The number of ether oxygens (including phenoxy) is 1. The molecule has 1 aliphatic heterocycles. The number of hydrogen-bond acceptors (Lipinski definition) is 3. The molecule has 0 radical (unpaired) electrons. The molecule has 1 N–H and O–H groups in total. The molecule has 0 aromatic heterocycles. The van der Waals surface area contributed by atoms with Gasteiger partial charge in [0.05, 0.1) is 12.8 Å². The van der Waals surface area contributed by atoms with Crippen LogP contribution in [0.15, 0.2) is 24.3 Å². The van der Waals surface area contributed by atoms with Crippen molar-refractivity contribution >= 4 is 23.0 Å². The van der Waals surface area contributed by atoms with E-state index in [-0.39, 0.29) is 0 Å². The summed E-state index contributed by atoms with van der Waals surface area (Å²) in [4.78, 5) is 4.95. The molecule has 4 nitrogen and oxygen atoms in total. The van der Waals surface area contributed by atoms with Gasteiger partial charge in [0.2, 0.25) is 0 Å². The van der Waals surface area contributed by atoms with E-state index in [1.807, 2.05) is 24.3 Å². The van der Waals surface area contributed by atoms with Gasteiger partial charge < -0.3 is 15.0 Å². The molecule has 0 spiro atoms. The van der Waals surface area contributed by atoms with Crippen molar-refractivity contribution in [1.29, 1.82) is 0 Å². The number of para-hydroxylation sites is 2. The van der Waals surface area contributed by atoms with Crippen LogP contribution in [-0.4, -0.2) is 54.2 Å². The molecule has 5 heteroatoms. The summed E-state index contributed by atoms with van der Waals surface area (Å²) >= 11 is 5.60. The molecule has 1 aliphatic carbocycles. The van der Waals surface area contributed by atoms with Crippen molar-refractivity contribution in [3.05, 3.63) is 24.3 Å². The highest BCUT2D eigenvalue weighted by Gasteiger charge is 2.26. The van der Waals surface area contributed by atoms with Crippen molar-refractivity contribution in [3.63, 3.8) is 0 Å². The number of hydrogen-bond donors (Lipinski definition) is 1. The molecule has 0 atom stereocenters. The summed E-state index contributed by atoms with van der Waals surface area (Å²) < 4.78 is 5.38. The van der Waals surface area contributed by atoms with Gasteiger partial charge in [-0.2, -0.15) is 0 Å². The van der Waals surface area contributed by atoms with Crippen LogP contribution >= 0.6 is 12.2 Å². The molecule has 1 aromatic rings. The van der Waals surface area contributed by atoms with E-state index in [0.29, 0.717) is 0 Å². The number of methoxy groups -OCH3 is 1. The third-order valence-corrected chi connectivity index (χ3v) is 5.40.